The Morgan fingerprint density at radius 3 is 2.60 bits per heavy atom. The lowest BCUT2D eigenvalue weighted by molar-refractivity contribution is 1.27. The second-order valence-electron chi connectivity index (χ2n) is 3.04. The van der Waals surface area contributed by atoms with Crippen molar-refractivity contribution in [3.8, 4) is 10.6 Å². The monoisotopic (exact) mass is 232 g/mol. The van der Waals surface area contributed by atoms with E-state index >= 15 is 0 Å². The molecule has 0 atom stereocenters. The number of thiazole rings is 1. The molecule has 74 valence electrons. The number of thiocarbonyl (C=S) groups is 1. The van der Waals surface area contributed by atoms with Gasteiger partial charge >= 0.3 is 0 Å². The molecule has 0 amide bonds. The Kier molecular flexibility index (Phi) is 3.02. The first-order chi connectivity index (χ1) is 7.29. The van der Waals surface area contributed by atoms with Crippen LogP contribution in [0.5, 0.6) is 0 Å². The van der Waals surface area contributed by atoms with E-state index in [1.54, 1.807) is 11.3 Å². The molecule has 0 aliphatic rings. The van der Waals surface area contributed by atoms with Crippen LogP contribution in [0.25, 0.3) is 10.6 Å². The van der Waals surface area contributed by atoms with E-state index in [4.69, 9.17) is 0 Å². The fourth-order valence-corrected chi connectivity index (χ4v) is 2.13. The molecule has 2 aromatic rings. The third-order valence-corrected chi connectivity index (χ3v) is 3.01. The maximum absolute atomic E-state index is 4.54. The number of aryl methyl sites for hydroxylation is 1. The maximum atomic E-state index is 4.54. The van der Waals surface area contributed by atoms with Crippen LogP contribution in [0.4, 0.5) is 5.69 Å². The minimum absolute atomic E-state index is 0.821. The summed E-state index contributed by atoms with van der Waals surface area (Å²) in [4.78, 5) is 8.30. The quantitative estimate of drug-likeness (QED) is 0.580. The second-order valence-corrected chi connectivity index (χ2v) is 4.08. The van der Waals surface area contributed by atoms with Crippen molar-refractivity contribution >= 4 is 34.4 Å². The number of benzene rings is 1. The smallest absolute Gasteiger partial charge is 0.123 e. The van der Waals surface area contributed by atoms with Gasteiger partial charge in [0.2, 0.25) is 0 Å². The molecule has 1 heterocycles. The highest BCUT2D eigenvalue weighted by Crippen LogP contribution is 2.25. The van der Waals surface area contributed by atoms with Gasteiger partial charge in [-0.25, -0.2) is 4.98 Å². The van der Waals surface area contributed by atoms with Crippen molar-refractivity contribution in [3.63, 3.8) is 0 Å². The van der Waals surface area contributed by atoms with Gasteiger partial charge in [-0.3, -0.25) is 0 Å². The van der Waals surface area contributed by atoms with Crippen LogP contribution >= 0.6 is 23.6 Å². The number of rotatable bonds is 2. The summed E-state index contributed by atoms with van der Waals surface area (Å²) in [7, 11) is 0. The number of nitrogens with zero attached hydrogens (tertiary/aromatic N) is 2. The van der Waals surface area contributed by atoms with Gasteiger partial charge in [-0.05, 0) is 43.4 Å². The van der Waals surface area contributed by atoms with Crippen molar-refractivity contribution < 1.29 is 0 Å². The fourth-order valence-electron chi connectivity index (χ4n) is 1.22. The summed E-state index contributed by atoms with van der Waals surface area (Å²) in [6.45, 7) is 1.99. The summed E-state index contributed by atoms with van der Waals surface area (Å²) in [5.74, 6) is 0. The highest BCUT2D eigenvalue weighted by molar-refractivity contribution is 7.78. The molecule has 0 saturated carbocycles. The van der Waals surface area contributed by atoms with Crippen molar-refractivity contribution in [2.45, 2.75) is 6.92 Å². The van der Waals surface area contributed by atoms with Crippen molar-refractivity contribution in [2.24, 2.45) is 4.99 Å². The van der Waals surface area contributed by atoms with E-state index in [0.29, 0.717) is 0 Å². The van der Waals surface area contributed by atoms with Gasteiger partial charge in [0.1, 0.15) is 5.01 Å². The zero-order chi connectivity index (χ0) is 10.7. The van der Waals surface area contributed by atoms with Gasteiger partial charge in [0, 0.05) is 16.6 Å². The minimum atomic E-state index is 0.821. The van der Waals surface area contributed by atoms with Gasteiger partial charge < -0.3 is 0 Å². The lowest BCUT2D eigenvalue weighted by atomic mass is 10.2. The lowest BCUT2D eigenvalue weighted by Crippen LogP contribution is -1.75. The third-order valence-electron chi connectivity index (χ3n) is 1.91. The minimum Gasteiger partial charge on any atom is -0.241 e. The number of hydrogen-bond acceptors (Lipinski definition) is 4. The van der Waals surface area contributed by atoms with Crippen LogP contribution in [-0.2, 0) is 0 Å². The standard InChI is InChI=1S/C11H8N2S2/c1-8-6-15-11(13-8)9-2-4-10(5-3-9)12-7-14/h2-6H,1H3. The molecule has 0 aliphatic carbocycles. The van der Waals surface area contributed by atoms with Crippen molar-refractivity contribution in [1.29, 1.82) is 0 Å². The first-order valence-electron chi connectivity index (χ1n) is 4.40. The molecular formula is C11H8N2S2. The largest absolute Gasteiger partial charge is 0.241 e. The molecule has 0 bridgehead atoms. The number of aromatic nitrogens is 1. The predicted octanol–water partition coefficient (Wildman–Crippen LogP) is 3.85. The molecule has 2 rings (SSSR count). The highest BCUT2D eigenvalue weighted by Gasteiger charge is 2.01. The summed E-state index contributed by atoms with van der Waals surface area (Å²) >= 11 is 6.18. The molecule has 0 saturated heterocycles. The lowest BCUT2D eigenvalue weighted by Gasteiger charge is -1.95. The Balaban J connectivity index is 2.35. The number of hydrogen-bond donors (Lipinski definition) is 0. The Hall–Kier alpha value is -1.35. The van der Waals surface area contributed by atoms with Gasteiger partial charge in [-0.2, -0.15) is 4.99 Å². The number of isothiocyanates is 1. The van der Waals surface area contributed by atoms with E-state index in [1.807, 2.05) is 36.6 Å². The average Bonchev–Trinajstić information content (AvgIpc) is 2.67. The zero-order valence-electron chi connectivity index (χ0n) is 8.10. The normalized spacial score (nSPS) is 9.67. The van der Waals surface area contributed by atoms with Crippen LogP contribution < -0.4 is 0 Å². The molecule has 0 radical (unpaired) electrons. The van der Waals surface area contributed by atoms with Crippen LogP contribution in [-0.4, -0.2) is 10.1 Å². The first kappa shape index (κ1) is 10.2. The zero-order valence-corrected chi connectivity index (χ0v) is 9.73. The van der Waals surface area contributed by atoms with E-state index < -0.39 is 0 Å². The third kappa shape index (κ3) is 2.36. The van der Waals surface area contributed by atoms with Crippen molar-refractivity contribution in [1.82, 2.24) is 4.98 Å². The molecule has 0 aliphatic heterocycles. The second kappa shape index (κ2) is 4.45. The molecule has 15 heavy (non-hydrogen) atoms. The molecule has 4 heteroatoms. The van der Waals surface area contributed by atoms with Gasteiger partial charge in [-0.15, -0.1) is 11.3 Å². The summed E-state index contributed by atoms with van der Waals surface area (Å²) in [6.07, 6.45) is 0. The summed E-state index contributed by atoms with van der Waals surface area (Å²) in [5, 5.41) is 5.42. The van der Waals surface area contributed by atoms with E-state index in [-0.39, 0.29) is 0 Å². The Labute approximate surface area is 97.3 Å². The van der Waals surface area contributed by atoms with Gasteiger partial charge in [0.15, 0.2) is 0 Å². The molecular weight excluding hydrogens is 224 g/mol. The maximum Gasteiger partial charge on any atom is 0.123 e. The topological polar surface area (TPSA) is 25.2 Å². The average molecular weight is 232 g/mol. The summed E-state index contributed by atoms with van der Waals surface area (Å²) < 4.78 is 0. The molecule has 1 aromatic heterocycles. The van der Waals surface area contributed by atoms with Crippen LogP contribution in [0.3, 0.4) is 0 Å². The Bertz CT molecular complexity index is 508. The summed E-state index contributed by atoms with van der Waals surface area (Å²) in [5.41, 5.74) is 2.98. The molecule has 0 N–H and O–H groups in total. The Morgan fingerprint density at radius 1 is 1.33 bits per heavy atom. The van der Waals surface area contributed by atoms with Gasteiger partial charge in [0.25, 0.3) is 0 Å². The first-order valence-corrected chi connectivity index (χ1v) is 5.69. The molecule has 0 unspecified atom stereocenters. The SMILES string of the molecule is Cc1csc(-c2ccc(N=C=S)cc2)n1. The van der Waals surface area contributed by atoms with Crippen LogP contribution in [0.1, 0.15) is 5.69 Å². The molecule has 1 aromatic carbocycles. The van der Waals surface area contributed by atoms with Crippen LogP contribution in [0.2, 0.25) is 0 Å². The molecule has 2 nitrogen and oxygen atoms in total. The van der Waals surface area contributed by atoms with E-state index in [0.717, 1.165) is 22.0 Å². The van der Waals surface area contributed by atoms with Crippen molar-refractivity contribution in [3.05, 3.63) is 35.3 Å². The highest BCUT2D eigenvalue weighted by atomic mass is 32.1. The van der Waals surface area contributed by atoms with Gasteiger partial charge in [-0.1, -0.05) is 0 Å². The van der Waals surface area contributed by atoms with E-state index in [9.17, 15) is 0 Å². The molecule has 0 spiro atoms. The van der Waals surface area contributed by atoms with Crippen LogP contribution in [0, 0.1) is 6.92 Å². The number of aliphatic imine (C=N–C) groups is 1. The Morgan fingerprint density at radius 2 is 2.07 bits per heavy atom. The van der Waals surface area contributed by atoms with Crippen LogP contribution in [0.15, 0.2) is 34.6 Å². The summed E-state index contributed by atoms with van der Waals surface area (Å²) in [6, 6.07) is 7.80. The van der Waals surface area contributed by atoms with E-state index in [2.05, 4.69) is 27.4 Å². The van der Waals surface area contributed by atoms with Gasteiger partial charge in [0.05, 0.1) is 10.8 Å². The van der Waals surface area contributed by atoms with E-state index in [1.165, 1.54) is 0 Å². The molecule has 0 fully saturated rings. The predicted molar refractivity (Wildman–Crippen MR) is 67.0 cm³/mol. The van der Waals surface area contributed by atoms with Crippen molar-refractivity contribution in [2.75, 3.05) is 0 Å². The fraction of sp³-hybridized carbons (Fsp3) is 0.0909.